The van der Waals surface area contributed by atoms with Crippen LogP contribution in [0.5, 0.6) is 0 Å². The predicted molar refractivity (Wildman–Crippen MR) is 244 cm³/mol. The molecule has 3 N–H and O–H groups in total. The van der Waals surface area contributed by atoms with E-state index in [2.05, 4.69) is 31.3 Å². The molecule has 0 saturated heterocycles. The van der Waals surface area contributed by atoms with Crippen LogP contribution in [-0.2, 0) is 4.79 Å². The van der Waals surface area contributed by atoms with Crippen LogP contribution in [0.2, 0.25) is 0 Å². The molecule has 0 fully saturated rings. The maximum atomic E-state index is 12.4. The van der Waals surface area contributed by atoms with Crippen LogP contribution in [0.3, 0.4) is 0 Å². The second kappa shape index (κ2) is 47.5. The lowest BCUT2D eigenvalue weighted by molar-refractivity contribution is -0.123. The molecule has 0 aromatic carbocycles. The van der Waals surface area contributed by atoms with Gasteiger partial charge in [0.05, 0.1) is 18.8 Å². The summed E-state index contributed by atoms with van der Waals surface area (Å²) in [5.74, 6) is -0.0355. The highest BCUT2D eigenvalue weighted by Crippen LogP contribution is 2.17. The quantitative estimate of drug-likeness (QED) is 0.0426. The lowest BCUT2D eigenvalue weighted by Gasteiger charge is -2.22. The zero-order valence-electron chi connectivity index (χ0n) is 37.7. The third kappa shape index (κ3) is 44.1. The van der Waals surface area contributed by atoms with Gasteiger partial charge in [-0.2, -0.15) is 0 Å². The highest BCUT2D eigenvalue weighted by Gasteiger charge is 2.20. The van der Waals surface area contributed by atoms with E-state index in [1.807, 2.05) is 0 Å². The van der Waals surface area contributed by atoms with E-state index in [0.29, 0.717) is 12.8 Å². The highest BCUT2D eigenvalue weighted by atomic mass is 16.3. The Morgan fingerprint density at radius 2 is 0.691 bits per heavy atom. The maximum absolute atomic E-state index is 12.4. The minimum Gasteiger partial charge on any atom is -0.394 e. The summed E-state index contributed by atoms with van der Waals surface area (Å²) in [5, 5.41) is 23.3. The number of unbranched alkanes of at least 4 members (excludes halogenated alkanes) is 38. The Labute approximate surface area is 346 Å². The van der Waals surface area contributed by atoms with Crippen LogP contribution >= 0.6 is 0 Å². The fraction of sp³-hybridized carbons (Fsp3) is 0.941. The number of rotatable bonds is 47. The van der Waals surface area contributed by atoms with Crippen LogP contribution < -0.4 is 5.32 Å². The van der Waals surface area contributed by atoms with Crippen molar-refractivity contribution >= 4 is 5.91 Å². The van der Waals surface area contributed by atoms with Crippen LogP contribution in [0.25, 0.3) is 0 Å². The van der Waals surface area contributed by atoms with Crippen molar-refractivity contribution in [2.45, 2.75) is 302 Å². The van der Waals surface area contributed by atoms with Crippen molar-refractivity contribution in [2.75, 3.05) is 6.61 Å². The third-order valence-corrected chi connectivity index (χ3v) is 12.0. The molecule has 4 heteroatoms. The van der Waals surface area contributed by atoms with Crippen LogP contribution in [0.4, 0.5) is 0 Å². The van der Waals surface area contributed by atoms with Crippen LogP contribution in [0.1, 0.15) is 290 Å². The smallest absolute Gasteiger partial charge is 0.220 e. The Kier molecular flexibility index (Phi) is 46.8. The van der Waals surface area contributed by atoms with E-state index in [1.165, 1.54) is 238 Å². The molecule has 1 amide bonds. The predicted octanol–water partition coefficient (Wildman–Crippen LogP) is 16.2. The number of hydrogen-bond donors (Lipinski definition) is 3. The number of aliphatic hydroxyl groups is 2. The van der Waals surface area contributed by atoms with E-state index < -0.39 is 12.1 Å². The summed E-state index contributed by atoms with van der Waals surface area (Å²) in [5.41, 5.74) is 0. The molecule has 328 valence electrons. The first-order valence-corrected chi connectivity index (χ1v) is 25.4. The van der Waals surface area contributed by atoms with Gasteiger partial charge in [-0.3, -0.25) is 4.79 Å². The summed E-state index contributed by atoms with van der Waals surface area (Å²) in [4.78, 5) is 12.4. The number of aliphatic hydroxyl groups excluding tert-OH is 2. The average Bonchev–Trinajstić information content (AvgIpc) is 3.19. The molecule has 0 aromatic heterocycles. The molecule has 0 aliphatic rings. The molecule has 0 radical (unpaired) electrons. The van der Waals surface area contributed by atoms with Gasteiger partial charge in [-0.1, -0.05) is 257 Å². The van der Waals surface area contributed by atoms with Gasteiger partial charge in [0, 0.05) is 6.42 Å². The van der Waals surface area contributed by atoms with Gasteiger partial charge in [-0.15, -0.1) is 0 Å². The summed E-state index contributed by atoms with van der Waals surface area (Å²) in [6.45, 7) is 4.38. The molecular weight excluding hydrogens is 675 g/mol. The molecule has 4 nitrogen and oxygen atoms in total. The average molecular weight is 776 g/mol. The van der Waals surface area contributed by atoms with Crippen molar-refractivity contribution in [2.24, 2.45) is 0 Å². The first-order chi connectivity index (χ1) is 27.2. The number of amides is 1. The Morgan fingerprint density at radius 1 is 0.418 bits per heavy atom. The lowest BCUT2D eigenvalue weighted by Crippen LogP contribution is -2.45. The molecule has 2 atom stereocenters. The topological polar surface area (TPSA) is 69.6 Å². The number of nitrogens with one attached hydrogen (secondary N) is 1. The van der Waals surface area contributed by atoms with Gasteiger partial charge in [0.25, 0.3) is 0 Å². The van der Waals surface area contributed by atoms with Crippen LogP contribution in [-0.4, -0.2) is 34.9 Å². The third-order valence-electron chi connectivity index (χ3n) is 12.0. The number of allylic oxidation sites excluding steroid dienone is 2. The van der Waals surface area contributed by atoms with Crippen molar-refractivity contribution in [3.8, 4) is 0 Å². The molecule has 0 saturated carbocycles. The van der Waals surface area contributed by atoms with Gasteiger partial charge in [0.2, 0.25) is 5.91 Å². The molecule has 0 rings (SSSR count). The van der Waals surface area contributed by atoms with E-state index in [4.69, 9.17) is 0 Å². The maximum Gasteiger partial charge on any atom is 0.220 e. The van der Waals surface area contributed by atoms with E-state index in [0.717, 1.165) is 25.7 Å². The lowest BCUT2D eigenvalue weighted by atomic mass is 10.0. The zero-order chi connectivity index (χ0) is 40.0. The van der Waals surface area contributed by atoms with Gasteiger partial charge >= 0.3 is 0 Å². The molecule has 0 aromatic rings. The number of carbonyl (C=O) groups is 1. The van der Waals surface area contributed by atoms with Gasteiger partial charge in [-0.25, -0.2) is 0 Å². The second-order valence-electron chi connectivity index (χ2n) is 17.6. The first kappa shape index (κ1) is 54.1. The second-order valence-corrected chi connectivity index (χ2v) is 17.6. The standard InChI is InChI=1S/C51H101NO3/c1-3-5-7-9-11-13-15-17-19-21-22-23-24-25-26-27-28-29-30-31-32-34-36-38-40-42-44-46-50(54)49(48-53)52-51(55)47-45-43-41-39-37-35-33-20-18-16-14-12-10-8-6-4-2/h20,33,49-50,53-54H,3-19,21-32,34-48H2,1-2H3,(H,52,55)/b33-20-. The molecule has 55 heavy (non-hydrogen) atoms. The van der Waals surface area contributed by atoms with Gasteiger partial charge in [-0.05, 0) is 38.5 Å². The van der Waals surface area contributed by atoms with Gasteiger partial charge < -0.3 is 15.5 Å². The normalized spacial score (nSPS) is 12.9. The van der Waals surface area contributed by atoms with Crippen molar-refractivity contribution in [3.63, 3.8) is 0 Å². The van der Waals surface area contributed by atoms with E-state index in [-0.39, 0.29) is 12.5 Å². The fourth-order valence-electron chi connectivity index (χ4n) is 8.12. The highest BCUT2D eigenvalue weighted by molar-refractivity contribution is 5.76. The summed E-state index contributed by atoms with van der Waals surface area (Å²) in [6.07, 6.45) is 60.4. The van der Waals surface area contributed by atoms with E-state index in [9.17, 15) is 15.0 Å². The van der Waals surface area contributed by atoms with Crippen molar-refractivity contribution in [3.05, 3.63) is 12.2 Å². The fourth-order valence-corrected chi connectivity index (χ4v) is 8.12. The molecule has 0 aliphatic carbocycles. The Balaban J connectivity index is 3.43. The van der Waals surface area contributed by atoms with E-state index >= 15 is 0 Å². The van der Waals surface area contributed by atoms with Crippen LogP contribution in [0, 0.1) is 0 Å². The summed E-state index contributed by atoms with van der Waals surface area (Å²) in [6, 6.07) is -0.538. The zero-order valence-corrected chi connectivity index (χ0v) is 37.7. The first-order valence-electron chi connectivity index (χ1n) is 25.4. The monoisotopic (exact) mass is 776 g/mol. The molecular formula is C51H101NO3. The molecule has 0 heterocycles. The largest absolute Gasteiger partial charge is 0.394 e. The van der Waals surface area contributed by atoms with Gasteiger partial charge in [0.15, 0.2) is 0 Å². The summed E-state index contributed by atoms with van der Waals surface area (Å²) < 4.78 is 0. The van der Waals surface area contributed by atoms with E-state index in [1.54, 1.807) is 0 Å². The minimum absolute atomic E-state index is 0.0355. The minimum atomic E-state index is -0.660. The van der Waals surface area contributed by atoms with Crippen LogP contribution in [0.15, 0.2) is 12.2 Å². The molecule has 0 spiro atoms. The Morgan fingerprint density at radius 3 is 1.00 bits per heavy atom. The SMILES string of the molecule is CCCCCCCCC/C=C\CCCCCCCC(=O)NC(CO)C(O)CCCCCCCCCCCCCCCCCCCCCCCCCCCCC. The molecule has 0 aliphatic heterocycles. The Bertz CT molecular complexity index is 754. The number of hydrogen-bond acceptors (Lipinski definition) is 3. The Hall–Kier alpha value is -0.870. The number of carbonyl (C=O) groups excluding carboxylic acids is 1. The molecule has 2 unspecified atom stereocenters. The summed E-state index contributed by atoms with van der Waals surface area (Å²) >= 11 is 0. The van der Waals surface area contributed by atoms with Crippen molar-refractivity contribution < 1.29 is 15.0 Å². The van der Waals surface area contributed by atoms with Crippen molar-refractivity contribution in [1.82, 2.24) is 5.32 Å². The van der Waals surface area contributed by atoms with Crippen molar-refractivity contribution in [1.29, 1.82) is 0 Å². The van der Waals surface area contributed by atoms with Gasteiger partial charge in [0.1, 0.15) is 0 Å². The molecule has 0 bridgehead atoms. The summed E-state index contributed by atoms with van der Waals surface area (Å²) in [7, 11) is 0.